The van der Waals surface area contributed by atoms with Crippen LogP contribution in [0.5, 0.6) is 0 Å². The van der Waals surface area contributed by atoms with Crippen molar-refractivity contribution in [2.45, 2.75) is 187 Å². The number of hydrogen-bond donors (Lipinski definition) is 2. The summed E-state index contributed by atoms with van der Waals surface area (Å²) >= 11 is 0. The summed E-state index contributed by atoms with van der Waals surface area (Å²) in [4.78, 5) is 42.8. The van der Waals surface area contributed by atoms with E-state index in [4.69, 9.17) is 19.3 Å². The Bertz CT molecular complexity index is 1100. The van der Waals surface area contributed by atoms with E-state index in [1.807, 2.05) is 12.2 Å². The van der Waals surface area contributed by atoms with E-state index in [9.17, 15) is 14.2 Å². The largest absolute Gasteiger partial charge is 0.469 e. The van der Waals surface area contributed by atoms with Crippen molar-refractivity contribution in [1.29, 1.82) is 0 Å². The Kier molecular flexibility index (Phi) is 38.3. The van der Waals surface area contributed by atoms with Gasteiger partial charge >= 0.3 is 19.8 Å². The fraction of sp³-hybridized carbons (Fsp3) is 0.689. The number of esters is 2. The second kappa shape index (κ2) is 40.2. The topological polar surface area (TPSA) is 119 Å². The van der Waals surface area contributed by atoms with E-state index in [1.54, 1.807) is 0 Å². The fourth-order valence-corrected chi connectivity index (χ4v) is 5.89. The molecule has 0 rings (SSSR count). The molecule has 0 aliphatic rings. The summed E-state index contributed by atoms with van der Waals surface area (Å²) in [6.07, 6.45) is 52.0. The number of rotatable bonds is 38. The standard InChI is InChI=1S/C45H77O8P/c1-3-5-7-9-11-13-15-17-19-21-22-24-26-28-30-32-34-36-38-40-45(47)53-43(42-52-54(48,49)50)41-51-44(46)39-37-35-33-31-29-27-25-23-20-18-16-14-12-10-8-6-4-2/h11,13,17-20,22,24,28,30,34,36,43H,3-10,12,14-16,21,23,25-27,29,31-33,35,37-42H2,1-2H3,(H2,48,49,50)/b13-11+,19-17+,20-18+,24-22+,30-28+,36-34+/t43-/m1/s1. The summed E-state index contributed by atoms with van der Waals surface area (Å²) in [6.45, 7) is 3.59. The third-order valence-corrected chi connectivity index (χ3v) is 9.20. The average molecular weight is 777 g/mol. The molecule has 0 saturated carbocycles. The summed E-state index contributed by atoms with van der Waals surface area (Å²) in [7, 11) is -4.78. The van der Waals surface area contributed by atoms with E-state index in [2.05, 4.69) is 79.1 Å². The van der Waals surface area contributed by atoms with Gasteiger partial charge in [0.15, 0.2) is 6.10 Å². The van der Waals surface area contributed by atoms with Crippen LogP contribution in [-0.4, -0.2) is 41.0 Å². The first-order valence-electron chi connectivity index (χ1n) is 21.2. The van der Waals surface area contributed by atoms with Crippen LogP contribution in [0.3, 0.4) is 0 Å². The molecule has 0 aromatic carbocycles. The van der Waals surface area contributed by atoms with Gasteiger partial charge in [-0.3, -0.25) is 14.1 Å². The molecule has 0 spiro atoms. The molecule has 0 amide bonds. The molecule has 0 saturated heterocycles. The van der Waals surface area contributed by atoms with Crippen molar-refractivity contribution in [3.63, 3.8) is 0 Å². The lowest BCUT2D eigenvalue weighted by Crippen LogP contribution is -2.29. The maximum atomic E-state index is 12.4. The summed E-state index contributed by atoms with van der Waals surface area (Å²) in [5, 5.41) is 0. The van der Waals surface area contributed by atoms with Crippen molar-refractivity contribution in [1.82, 2.24) is 0 Å². The van der Waals surface area contributed by atoms with Crippen molar-refractivity contribution in [2.75, 3.05) is 13.2 Å². The van der Waals surface area contributed by atoms with E-state index in [0.29, 0.717) is 12.8 Å². The molecule has 8 nitrogen and oxygen atoms in total. The molecule has 0 unspecified atom stereocenters. The highest BCUT2D eigenvalue weighted by molar-refractivity contribution is 7.46. The van der Waals surface area contributed by atoms with Gasteiger partial charge < -0.3 is 19.3 Å². The molecule has 1 atom stereocenters. The molecule has 9 heteroatoms. The number of carbonyl (C=O) groups excluding carboxylic acids is 2. The van der Waals surface area contributed by atoms with Gasteiger partial charge in [-0.25, -0.2) is 4.57 Å². The van der Waals surface area contributed by atoms with Gasteiger partial charge in [-0.05, 0) is 77.0 Å². The Balaban J connectivity index is 4.06. The highest BCUT2D eigenvalue weighted by atomic mass is 31.2. The van der Waals surface area contributed by atoms with Crippen molar-refractivity contribution < 1.29 is 37.9 Å². The van der Waals surface area contributed by atoms with Crippen LogP contribution >= 0.6 is 7.82 Å². The minimum Gasteiger partial charge on any atom is -0.462 e. The van der Waals surface area contributed by atoms with Gasteiger partial charge in [0.25, 0.3) is 0 Å². The lowest BCUT2D eigenvalue weighted by Gasteiger charge is -2.18. The van der Waals surface area contributed by atoms with Gasteiger partial charge in [-0.15, -0.1) is 0 Å². The Labute approximate surface area is 329 Å². The molecule has 0 radical (unpaired) electrons. The van der Waals surface area contributed by atoms with Gasteiger partial charge in [0.05, 0.1) is 6.61 Å². The zero-order chi connectivity index (χ0) is 39.6. The number of unbranched alkanes of at least 4 members (excludes halogenated alkanes) is 16. The van der Waals surface area contributed by atoms with Crippen LogP contribution in [0.4, 0.5) is 0 Å². The first-order chi connectivity index (χ1) is 26.3. The number of carbonyl (C=O) groups is 2. The van der Waals surface area contributed by atoms with E-state index < -0.39 is 32.5 Å². The molecule has 0 aliphatic carbocycles. The molecule has 2 N–H and O–H groups in total. The molecule has 0 aliphatic heterocycles. The first kappa shape index (κ1) is 51.5. The van der Waals surface area contributed by atoms with E-state index in [0.717, 1.165) is 51.4 Å². The van der Waals surface area contributed by atoms with Gasteiger partial charge in [0, 0.05) is 12.8 Å². The van der Waals surface area contributed by atoms with Crippen LogP contribution in [0.15, 0.2) is 72.9 Å². The number of allylic oxidation sites excluding steroid dienone is 12. The Hall–Kier alpha value is -2.51. The highest BCUT2D eigenvalue weighted by Gasteiger charge is 2.22. The SMILES string of the molecule is CCCCC/C=C/C/C=C/C/C=C/C/C=C/C/C=C/CCC(=O)O[C@H](COC(=O)CCCCCCCCC/C=C/CCCCCCCC)COP(=O)(O)O. The van der Waals surface area contributed by atoms with Crippen LogP contribution in [0.1, 0.15) is 181 Å². The van der Waals surface area contributed by atoms with Crippen LogP contribution in [0, 0.1) is 0 Å². The molecular weight excluding hydrogens is 699 g/mol. The molecule has 0 bridgehead atoms. The third kappa shape index (κ3) is 42.2. The fourth-order valence-electron chi connectivity index (χ4n) is 5.53. The van der Waals surface area contributed by atoms with Crippen molar-refractivity contribution in [2.24, 2.45) is 0 Å². The lowest BCUT2D eigenvalue weighted by atomic mass is 10.1. The van der Waals surface area contributed by atoms with Crippen LogP contribution < -0.4 is 0 Å². The normalized spacial score (nSPS) is 13.2. The summed E-state index contributed by atoms with van der Waals surface area (Å²) < 4.78 is 26.3. The van der Waals surface area contributed by atoms with Crippen LogP contribution in [0.25, 0.3) is 0 Å². The second-order valence-electron chi connectivity index (χ2n) is 14.0. The predicted octanol–water partition coefficient (Wildman–Crippen LogP) is 13.1. The van der Waals surface area contributed by atoms with Crippen LogP contribution in [0.2, 0.25) is 0 Å². The van der Waals surface area contributed by atoms with Gasteiger partial charge in [0.2, 0.25) is 0 Å². The highest BCUT2D eigenvalue weighted by Crippen LogP contribution is 2.36. The zero-order valence-corrected chi connectivity index (χ0v) is 35.0. The number of hydrogen-bond acceptors (Lipinski definition) is 6. The first-order valence-corrected chi connectivity index (χ1v) is 22.8. The maximum Gasteiger partial charge on any atom is 0.469 e. The smallest absolute Gasteiger partial charge is 0.462 e. The summed E-state index contributed by atoms with van der Waals surface area (Å²) in [5.41, 5.74) is 0. The van der Waals surface area contributed by atoms with Gasteiger partial charge in [0.1, 0.15) is 6.61 Å². The number of phosphoric acid groups is 1. The predicted molar refractivity (Wildman–Crippen MR) is 225 cm³/mol. The van der Waals surface area contributed by atoms with E-state index >= 15 is 0 Å². The molecule has 0 aromatic heterocycles. The van der Waals surface area contributed by atoms with Gasteiger partial charge in [-0.2, -0.15) is 0 Å². The maximum absolute atomic E-state index is 12.4. The zero-order valence-electron chi connectivity index (χ0n) is 34.1. The Morgan fingerprint density at radius 2 is 0.870 bits per heavy atom. The number of phosphoric ester groups is 1. The Morgan fingerprint density at radius 3 is 1.37 bits per heavy atom. The quantitative estimate of drug-likeness (QED) is 0.0275. The molecular formula is C45H77O8P. The third-order valence-electron chi connectivity index (χ3n) is 8.71. The van der Waals surface area contributed by atoms with Gasteiger partial charge in [-0.1, -0.05) is 164 Å². The second-order valence-corrected chi connectivity index (χ2v) is 15.2. The van der Waals surface area contributed by atoms with E-state index in [1.165, 1.54) is 89.9 Å². The molecule has 310 valence electrons. The van der Waals surface area contributed by atoms with Crippen molar-refractivity contribution in [3.8, 4) is 0 Å². The molecule has 0 aromatic rings. The minimum atomic E-state index is -4.78. The minimum absolute atomic E-state index is 0.0848. The molecule has 54 heavy (non-hydrogen) atoms. The molecule has 0 heterocycles. The lowest BCUT2D eigenvalue weighted by molar-refractivity contribution is -0.161. The molecule has 0 fully saturated rings. The van der Waals surface area contributed by atoms with Crippen molar-refractivity contribution >= 4 is 19.8 Å². The summed E-state index contributed by atoms with van der Waals surface area (Å²) in [5.74, 6) is -0.989. The average Bonchev–Trinajstić information content (AvgIpc) is 3.14. The Morgan fingerprint density at radius 1 is 0.481 bits per heavy atom. The van der Waals surface area contributed by atoms with Crippen LogP contribution in [-0.2, 0) is 28.2 Å². The van der Waals surface area contributed by atoms with E-state index in [-0.39, 0.29) is 19.4 Å². The number of ether oxygens (including phenoxy) is 2. The van der Waals surface area contributed by atoms with Crippen molar-refractivity contribution in [3.05, 3.63) is 72.9 Å². The monoisotopic (exact) mass is 777 g/mol. The summed E-state index contributed by atoms with van der Waals surface area (Å²) in [6, 6.07) is 0.